The highest BCUT2D eigenvalue weighted by molar-refractivity contribution is 5.99. The summed E-state index contributed by atoms with van der Waals surface area (Å²) in [6.07, 6.45) is 3.72. The first-order valence-electron chi connectivity index (χ1n) is 11.1. The second-order valence-corrected chi connectivity index (χ2v) is 8.18. The highest BCUT2D eigenvalue weighted by atomic mass is 19.1. The normalized spacial score (nSPS) is 14.6. The molecular formula is C24H25F2N7. The van der Waals surface area contributed by atoms with Crippen LogP contribution in [-0.2, 0) is 0 Å². The lowest BCUT2D eigenvalue weighted by Crippen LogP contribution is -2.33. The van der Waals surface area contributed by atoms with Gasteiger partial charge in [-0.15, -0.1) is 5.10 Å². The third-order valence-electron chi connectivity index (χ3n) is 5.91. The number of fused-ring (bicyclic) bond motifs is 1. The van der Waals surface area contributed by atoms with Crippen LogP contribution in [0.5, 0.6) is 0 Å². The van der Waals surface area contributed by atoms with Crippen LogP contribution in [0, 0.1) is 11.6 Å². The maximum atomic E-state index is 14.7. The van der Waals surface area contributed by atoms with Crippen LogP contribution in [0.4, 0.5) is 20.5 Å². The predicted octanol–water partition coefficient (Wildman–Crippen LogP) is 4.24. The molecule has 1 fully saturated rings. The van der Waals surface area contributed by atoms with E-state index in [1.807, 2.05) is 0 Å². The average Bonchev–Trinajstić information content (AvgIpc) is 3.16. The van der Waals surface area contributed by atoms with Crippen LogP contribution in [-0.4, -0.2) is 50.8 Å². The van der Waals surface area contributed by atoms with E-state index in [0.717, 1.165) is 19.6 Å². The van der Waals surface area contributed by atoms with Crippen LogP contribution in [0.1, 0.15) is 19.3 Å². The summed E-state index contributed by atoms with van der Waals surface area (Å²) in [4.78, 5) is 11.6. The minimum absolute atomic E-state index is 0.216. The topological polar surface area (TPSA) is 84.9 Å². The van der Waals surface area contributed by atoms with Crippen molar-refractivity contribution in [3.8, 4) is 16.9 Å². The monoisotopic (exact) mass is 449 g/mol. The molecule has 170 valence electrons. The molecule has 3 heterocycles. The first-order valence-corrected chi connectivity index (χ1v) is 11.1. The second kappa shape index (κ2) is 9.11. The van der Waals surface area contributed by atoms with Gasteiger partial charge in [-0.25, -0.2) is 18.4 Å². The highest BCUT2D eigenvalue weighted by Gasteiger charge is 2.21. The number of nitrogens with zero attached hydrogens (tertiary/aromatic N) is 5. The van der Waals surface area contributed by atoms with Gasteiger partial charge in [0, 0.05) is 18.7 Å². The van der Waals surface area contributed by atoms with Crippen molar-refractivity contribution in [2.45, 2.75) is 19.3 Å². The summed E-state index contributed by atoms with van der Waals surface area (Å²) in [5.41, 5.74) is 7.81. The second-order valence-electron chi connectivity index (χ2n) is 8.18. The summed E-state index contributed by atoms with van der Waals surface area (Å²) in [6, 6.07) is 12.3. The molecule has 4 aromatic rings. The Bertz CT molecular complexity index is 1280. The first-order chi connectivity index (χ1) is 16.1. The minimum Gasteiger partial charge on any atom is -0.383 e. The van der Waals surface area contributed by atoms with E-state index in [0.29, 0.717) is 40.5 Å². The van der Waals surface area contributed by atoms with Gasteiger partial charge in [-0.3, -0.25) is 0 Å². The Morgan fingerprint density at radius 2 is 1.79 bits per heavy atom. The van der Waals surface area contributed by atoms with Gasteiger partial charge in [-0.2, -0.15) is 4.98 Å². The molecule has 0 atom stereocenters. The number of rotatable bonds is 6. The van der Waals surface area contributed by atoms with Crippen LogP contribution in [0.15, 0.2) is 48.5 Å². The molecule has 0 amide bonds. The number of nitrogens with one attached hydrogen (secondary N) is 1. The number of likely N-dealkylation sites (tertiary alicyclic amines) is 1. The van der Waals surface area contributed by atoms with Gasteiger partial charge in [0.2, 0.25) is 5.95 Å². The number of hydrogen-bond donors (Lipinski definition) is 2. The number of benzene rings is 2. The number of hydrogen-bond acceptors (Lipinski definition) is 6. The van der Waals surface area contributed by atoms with Gasteiger partial charge in [0.1, 0.15) is 17.5 Å². The molecule has 1 aliphatic rings. The van der Waals surface area contributed by atoms with Gasteiger partial charge < -0.3 is 16.0 Å². The van der Waals surface area contributed by atoms with Crippen molar-refractivity contribution < 1.29 is 8.78 Å². The predicted molar refractivity (Wildman–Crippen MR) is 125 cm³/mol. The van der Waals surface area contributed by atoms with Crippen molar-refractivity contribution in [1.82, 2.24) is 24.6 Å². The van der Waals surface area contributed by atoms with Crippen molar-refractivity contribution in [2.75, 3.05) is 37.2 Å². The summed E-state index contributed by atoms with van der Waals surface area (Å²) in [5, 5.41) is 8.18. The van der Waals surface area contributed by atoms with Crippen molar-refractivity contribution in [3.05, 3.63) is 60.2 Å². The van der Waals surface area contributed by atoms with E-state index >= 15 is 0 Å². The van der Waals surface area contributed by atoms with E-state index < -0.39 is 11.6 Å². The van der Waals surface area contributed by atoms with Crippen LogP contribution in [0.2, 0.25) is 0 Å². The number of nitrogens with two attached hydrogens (primary N) is 1. The van der Waals surface area contributed by atoms with Gasteiger partial charge in [0.15, 0.2) is 5.65 Å². The van der Waals surface area contributed by atoms with E-state index in [1.165, 1.54) is 42.1 Å². The standard InChI is InChI=1S/C24H25F2N7/c25-16-7-6-8-17(15-16)33-22(27)20-21(18-9-2-3-10-19(18)26)29-24(30-23(20)31-33)28-11-14-32-12-4-1-5-13-32/h2-3,6-10,15H,1,4-5,11-14,27H2,(H,28,30,31). The van der Waals surface area contributed by atoms with Crippen molar-refractivity contribution >= 4 is 22.8 Å². The molecule has 1 saturated heterocycles. The molecule has 0 unspecified atom stereocenters. The third-order valence-corrected chi connectivity index (χ3v) is 5.91. The molecule has 0 bridgehead atoms. The molecule has 2 aromatic carbocycles. The van der Waals surface area contributed by atoms with Gasteiger partial charge >= 0.3 is 0 Å². The quantitative estimate of drug-likeness (QED) is 0.458. The number of piperidine rings is 1. The van der Waals surface area contributed by atoms with Gasteiger partial charge in [-0.05, 0) is 56.3 Å². The molecule has 2 aromatic heterocycles. The van der Waals surface area contributed by atoms with Crippen LogP contribution >= 0.6 is 0 Å². The fourth-order valence-corrected chi connectivity index (χ4v) is 4.25. The Labute approximate surface area is 190 Å². The summed E-state index contributed by atoms with van der Waals surface area (Å²) in [5.74, 6) is -0.267. The molecule has 5 rings (SSSR count). The third kappa shape index (κ3) is 4.36. The van der Waals surface area contributed by atoms with Gasteiger partial charge in [0.25, 0.3) is 0 Å². The molecule has 7 nitrogen and oxygen atoms in total. The number of aromatic nitrogens is 4. The molecule has 9 heteroatoms. The maximum absolute atomic E-state index is 14.7. The Hall–Kier alpha value is -3.59. The maximum Gasteiger partial charge on any atom is 0.225 e. The molecule has 1 aliphatic heterocycles. The number of nitrogen functional groups attached to an aromatic ring is 1. The Morgan fingerprint density at radius 1 is 0.970 bits per heavy atom. The number of halogens is 2. The van der Waals surface area contributed by atoms with E-state index in [9.17, 15) is 8.78 Å². The minimum atomic E-state index is -0.422. The zero-order valence-corrected chi connectivity index (χ0v) is 18.1. The average molecular weight is 450 g/mol. The Balaban J connectivity index is 1.56. The van der Waals surface area contributed by atoms with Gasteiger partial charge in [-0.1, -0.05) is 24.6 Å². The van der Waals surface area contributed by atoms with E-state index in [2.05, 4.69) is 25.3 Å². The molecular weight excluding hydrogens is 424 g/mol. The molecule has 0 spiro atoms. The first kappa shape index (κ1) is 21.3. The van der Waals surface area contributed by atoms with Crippen LogP contribution < -0.4 is 11.1 Å². The smallest absolute Gasteiger partial charge is 0.225 e. The van der Waals surface area contributed by atoms with E-state index in [4.69, 9.17) is 5.73 Å². The summed E-state index contributed by atoms with van der Waals surface area (Å²) >= 11 is 0. The summed E-state index contributed by atoms with van der Waals surface area (Å²) in [6.45, 7) is 3.71. The Kier molecular flexibility index (Phi) is 5.87. The molecule has 0 aliphatic carbocycles. The van der Waals surface area contributed by atoms with E-state index in [1.54, 1.807) is 30.3 Å². The largest absolute Gasteiger partial charge is 0.383 e. The SMILES string of the molecule is Nc1c2c(-c3ccccc3F)nc(NCCN3CCCCC3)nc2nn1-c1cccc(F)c1. The summed E-state index contributed by atoms with van der Waals surface area (Å²) < 4.78 is 30.0. The van der Waals surface area contributed by atoms with Gasteiger partial charge in [0.05, 0.1) is 16.8 Å². The highest BCUT2D eigenvalue weighted by Crippen LogP contribution is 2.34. The Morgan fingerprint density at radius 3 is 2.58 bits per heavy atom. The molecule has 0 saturated carbocycles. The van der Waals surface area contributed by atoms with Crippen molar-refractivity contribution in [1.29, 1.82) is 0 Å². The molecule has 0 radical (unpaired) electrons. The zero-order chi connectivity index (χ0) is 22.8. The van der Waals surface area contributed by atoms with Crippen LogP contribution in [0.25, 0.3) is 28.0 Å². The fraction of sp³-hybridized carbons (Fsp3) is 0.292. The molecule has 33 heavy (non-hydrogen) atoms. The van der Waals surface area contributed by atoms with Crippen molar-refractivity contribution in [2.24, 2.45) is 0 Å². The number of anilines is 2. The van der Waals surface area contributed by atoms with E-state index in [-0.39, 0.29) is 5.82 Å². The lowest BCUT2D eigenvalue weighted by Gasteiger charge is -2.26. The fourth-order valence-electron chi connectivity index (χ4n) is 4.25. The van der Waals surface area contributed by atoms with Crippen molar-refractivity contribution in [3.63, 3.8) is 0 Å². The lowest BCUT2D eigenvalue weighted by atomic mass is 10.1. The zero-order valence-electron chi connectivity index (χ0n) is 18.1. The summed E-state index contributed by atoms with van der Waals surface area (Å²) in [7, 11) is 0. The van der Waals surface area contributed by atoms with Crippen LogP contribution in [0.3, 0.4) is 0 Å². The molecule has 3 N–H and O–H groups in total. The lowest BCUT2D eigenvalue weighted by molar-refractivity contribution is 0.237.